The minimum absolute atomic E-state index is 0.900. The van der Waals surface area contributed by atoms with Gasteiger partial charge in [-0.05, 0) is 41.3 Å². The molecule has 0 aliphatic carbocycles. The molecule has 0 radical (unpaired) electrons. The summed E-state index contributed by atoms with van der Waals surface area (Å²) in [6.07, 6.45) is 3.16. The molecule has 1 aromatic heterocycles. The zero-order valence-corrected chi connectivity index (χ0v) is 14.2. The van der Waals surface area contributed by atoms with Crippen LogP contribution in [0.4, 0.5) is 0 Å². The van der Waals surface area contributed by atoms with E-state index in [0.29, 0.717) is 0 Å². The standard InChI is InChI=1S/C23H22N2/c1-2-6-19(7-3-1)20-12-10-18(11-13-20)16-24-15-14-21-17-25-23-9-5-4-8-22(21)23/h1-13,17,24-25H,14-16H2. The SMILES string of the molecule is c1ccc(-c2ccc(CNCCc3c[nH]c4ccccc34)cc2)cc1. The summed E-state index contributed by atoms with van der Waals surface area (Å²) in [6.45, 7) is 1.87. The zero-order valence-electron chi connectivity index (χ0n) is 14.2. The summed E-state index contributed by atoms with van der Waals surface area (Å²) in [6, 6.07) is 27.8. The van der Waals surface area contributed by atoms with Gasteiger partial charge in [0, 0.05) is 23.6 Å². The van der Waals surface area contributed by atoms with Crippen molar-refractivity contribution in [3.05, 3.63) is 96.2 Å². The van der Waals surface area contributed by atoms with E-state index in [1.807, 2.05) is 0 Å². The van der Waals surface area contributed by atoms with Gasteiger partial charge in [0.05, 0.1) is 0 Å². The summed E-state index contributed by atoms with van der Waals surface area (Å²) in [5.74, 6) is 0. The minimum Gasteiger partial charge on any atom is -0.361 e. The molecule has 124 valence electrons. The smallest absolute Gasteiger partial charge is 0.0456 e. The second kappa shape index (κ2) is 7.37. The Morgan fingerprint density at radius 2 is 1.44 bits per heavy atom. The summed E-state index contributed by atoms with van der Waals surface area (Å²) in [5.41, 5.74) is 6.44. The number of nitrogens with one attached hydrogen (secondary N) is 2. The summed E-state index contributed by atoms with van der Waals surface area (Å²) >= 11 is 0. The lowest BCUT2D eigenvalue weighted by Crippen LogP contribution is -2.16. The maximum absolute atomic E-state index is 3.55. The predicted molar refractivity (Wildman–Crippen MR) is 106 cm³/mol. The highest BCUT2D eigenvalue weighted by atomic mass is 14.8. The number of para-hydroxylation sites is 1. The van der Waals surface area contributed by atoms with Gasteiger partial charge in [0.1, 0.15) is 0 Å². The molecule has 4 rings (SSSR count). The highest BCUT2D eigenvalue weighted by Crippen LogP contribution is 2.19. The van der Waals surface area contributed by atoms with Crippen LogP contribution in [0.1, 0.15) is 11.1 Å². The van der Waals surface area contributed by atoms with Gasteiger partial charge in [0.2, 0.25) is 0 Å². The summed E-state index contributed by atoms with van der Waals surface area (Å²) in [5, 5.41) is 4.88. The molecule has 0 amide bonds. The molecule has 0 spiro atoms. The van der Waals surface area contributed by atoms with Crippen LogP contribution in [0, 0.1) is 0 Å². The van der Waals surface area contributed by atoms with Crippen molar-refractivity contribution in [1.82, 2.24) is 10.3 Å². The second-order valence-corrected chi connectivity index (χ2v) is 6.35. The fourth-order valence-corrected chi connectivity index (χ4v) is 3.24. The molecule has 2 nitrogen and oxygen atoms in total. The number of aromatic amines is 1. The molecule has 0 bridgehead atoms. The number of hydrogen-bond donors (Lipinski definition) is 2. The lowest BCUT2D eigenvalue weighted by atomic mass is 10.0. The monoisotopic (exact) mass is 326 g/mol. The third-order valence-electron chi connectivity index (χ3n) is 4.64. The molecule has 0 saturated heterocycles. The van der Waals surface area contributed by atoms with Gasteiger partial charge in [0.25, 0.3) is 0 Å². The van der Waals surface area contributed by atoms with E-state index in [0.717, 1.165) is 19.5 Å². The van der Waals surface area contributed by atoms with E-state index in [1.54, 1.807) is 0 Å². The van der Waals surface area contributed by atoms with Crippen LogP contribution < -0.4 is 5.32 Å². The lowest BCUT2D eigenvalue weighted by Gasteiger charge is -2.06. The van der Waals surface area contributed by atoms with Gasteiger partial charge in [-0.1, -0.05) is 72.8 Å². The summed E-state index contributed by atoms with van der Waals surface area (Å²) < 4.78 is 0. The average Bonchev–Trinajstić information content (AvgIpc) is 3.10. The number of rotatable bonds is 6. The maximum atomic E-state index is 3.55. The highest BCUT2D eigenvalue weighted by molar-refractivity contribution is 5.83. The zero-order chi connectivity index (χ0) is 16.9. The van der Waals surface area contributed by atoms with Crippen molar-refractivity contribution < 1.29 is 0 Å². The largest absolute Gasteiger partial charge is 0.361 e. The van der Waals surface area contributed by atoms with Crippen molar-refractivity contribution in [1.29, 1.82) is 0 Å². The van der Waals surface area contributed by atoms with Crippen LogP contribution in [0.25, 0.3) is 22.0 Å². The van der Waals surface area contributed by atoms with E-state index in [-0.39, 0.29) is 0 Å². The maximum Gasteiger partial charge on any atom is 0.0456 e. The number of hydrogen-bond acceptors (Lipinski definition) is 1. The topological polar surface area (TPSA) is 27.8 Å². The second-order valence-electron chi connectivity index (χ2n) is 6.35. The summed E-state index contributed by atoms with van der Waals surface area (Å²) in [7, 11) is 0. The molecule has 0 aliphatic heterocycles. The molecule has 4 aromatic rings. The van der Waals surface area contributed by atoms with Crippen LogP contribution in [0.2, 0.25) is 0 Å². The van der Waals surface area contributed by atoms with Gasteiger partial charge in [-0.25, -0.2) is 0 Å². The molecular formula is C23H22N2. The molecule has 0 aliphatic rings. The van der Waals surface area contributed by atoms with E-state index < -0.39 is 0 Å². The van der Waals surface area contributed by atoms with Crippen LogP contribution in [0.5, 0.6) is 0 Å². The first-order valence-corrected chi connectivity index (χ1v) is 8.80. The normalized spacial score (nSPS) is 11.0. The Balaban J connectivity index is 1.31. The fraction of sp³-hybridized carbons (Fsp3) is 0.130. The van der Waals surface area contributed by atoms with Crippen molar-refractivity contribution in [2.24, 2.45) is 0 Å². The molecule has 3 aromatic carbocycles. The molecule has 0 saturated carbocycles. The Hall–Kier alpha value is -2.84. The third-order valence-corrected chi connectivity index (χ3v) is 4.64. The Bertz CT molecular complexity index is 937. The summed E-state index contributed by atoms with van der Waals surface area (Å²) in [4.78, 5) is 3.34. The molecule has 0 fully saturated rings. The van der Waals surface area contributed by atoms with Crippen molar-refractivity contribution in [2.75, 3.05) is 6.54 Å². The molecule has 2 N–H and O–H groups in total. The average molecular weight is 326 g/mol. The van der Waals surface area contributed by atoms with E-state index in [1.165, 1.54) is 33.2 Å². The van der Waals surface area contributed by atoms with Crippen LogP contribution >= 0.6 is 0 Å². The molecule has 2 heteroatoms. The Kier molecular flexibility index (Phi) is 4.62. The van der Waals surface area contributed by atoms with Crippen LogP contribution in [0.3, 0.4) is 0 Å². The molecule has 1 heterocycles. The Morgan fingerprint density at radius 3 is 2.28 bits per heavy atom. The Morgan fingerprint density at radius 1 is 0.720 bits per heavy atom. The van der Waals surface area contributed by atoms with Crippen LogP contribution in [-0.4, -0.2) is 11.5 Å². The molecule has 25 heavy (non-hydrogen) atoms. The van der Waals surface area contributed by atoms with Gasteiger partial charge in [-0.2, -0.15) is 0 Å². The van der Waals surface area contributed by atoms with E-state index in [2.05, 4.69) is 95.4 Å². The number of benzene rings is 3. The van der Waals surface area contributed by atoms with Crippen molar-refractivity contribution in [2.45, 2.75) is 13.0 Å². The van der Waals surface area contributed by atoms with Gasteiger partial charge >= 0.3 is 0 Å². The molecular weight excluding hydrogens is 304 g/mol. The van der Waals surface area contributed by atoms with E-state index in [9.17, 15) is 0 Å². The molecule has 0 atom stereocenters. The van der Waals surface area contributed by atoms with Crippen molar-refractivity contribution in [3.8, 4) is 11.1 Å². The highest BCUT2D eigenvalue weighted by Gasteiger charge is 2.02. The van der Waals surface area contributed by atoms with Gasteiger partial charge in [-0.15, -0.1) is 0 Å². The Labute approximate surface area is 148 Å². The van der Waals surface area contributed by atoms with Crippen molar-refractivity contribution >= 4 is 10.9 Å². The number of fused-ring (bicyclic) bond motifs is 1. The van der Waals surface area contributed by atoms with E-state index >= 15 is 0 Å². The predicted octanol–water partition coefficient (Wildman–Crippen LogP) is 5.17. The molecule has 0 unspecified atom stereocenters. The first kappa shape index (κ1) is 15.7. The van der Waals surface area contributed by atoms with Crippen LogP contribution in [-0.2, 0) is 13.0 Å². The first-order valence-electron chi connectivity index (χ1n) is 8.80. The van der Waals surface area contributed by atoms with Gasteiger partial charge in [-0.3, -0.25) is 0 Å². The van der Waals surface area contributed by atoms with Crippen molar-refractivity contribution in [3.63, 3.8) is 0 Å². The third kappa shape index (κ3) is 3.65. The van der Waals surface area contributed by atoms with E-state index in [4.69, 9.17) is 0 Å². The quantitative estimate of drug-likeness (QED) is 0.470. The number of aromatic nitrogens is 1. The minimum atomic E-state index is 0.900. The van der Waals surface area contributed by atoms with Crippen LogP contribution in [0.15, 0.2) is 85.1 Å². The fourth-order valence-electron chi connectivity index (χ4n) is 3.24. The number of H-pyrrole nitrogens is 1. The first-order chi connectivity index (χ1) is 12.4. The lowest BCUT2D eigenvalue weighted by molar-refractivity contribution is 0.688. The van der Waals surface area contributed by atoms with Gasteiger partial charge < -0.3 is 10.3 Å². The van der Waals surface area contributed by atoms with Gasteiger partial charge in [0.15, 0.2) is 0 Å².